The number of carbonyl (C=O) groups is 1. The lowest BCUT2D eigenvalue weighted by Gasteiger charge is -2.20. The molecule has 0 saturated carbocycles. The molecule has 8 heteroatoms. The molecule has 2 aromatic heterocycles. The third-order valence-electron chi connectivity index (χ3n) is 5.40. The van der Waals surface area contributed by atoms with Crippen LogP contribution in [0.1, 0.15) is 42.7 Å². The molecule has 0 atom stereocenters. The van der Waals surface area contributed by atoms with E-state index in [2.05, 4.69) is 15.1 Å². The highest BCUT2D eigenvalue weighted by molar-refractivity contribution is 5.91. The van der Waals surface area contributed by atoms with Crippen LogP contribution in [0.2, 0.25) is 0 Å². The SMILES string of the molecule is Cc1nc2nc(N(Cc3ccc(F)cc3)C(=O)CC(C)C)[nH]n2c(=O)c1Cc1ccccc1. The molecule has 4 rings (SSSR count). The van der Waals surface area contributed by atoms with Crippen LogP contribution in [0.15, 0.2) is 59.4 Å². The Hall–Kier alpha value is -3.81. The molecular formula is C25H26FN5O2. The molecule has 1 amide bonds. The summed E-state index contributed by atoms with van der Waals surface area (Å²) < 4.78 is 14.6. The Balaban J connectivity index is 1.74. The molecule has 2 heterocycles. The lowest BCUT2D eigenvalue weighted by atomic mass is 10.1. The Kier molecular flexibility index (Phi) is 6.35. The molecule has 0 unspecified atom stereocenters. The minimum Gasteiger partial charge on any atom is -0.277 e. The van der Waals surface area contributed by atoms with Gasteiger partial charge in [0.25, 0.3) is 11.3 Å². The third kappa shape index (κ3) is 5.00. The molecule has 0 saturated heterocycles. The molecule has 33 heavy (non-hydrogen) atoms. The Morgan fingerprint density at radius 1 is 1.06 bits per heavy atom. The van der Waals surface area contributed by atoms with Gasteiger partial charge in [-0.2, -0.15) is 9.50 Å². The number of benzene rings is 2. The Bertz CT molecular complexity index is 1330. The molecule has 1 N–H and O–H groups in total. The number of aromatic amines is 1. The molecule has 170 valence electrons. The summed E-state index contributed by atoms with van der Waals surface area (Å²) in [7, 11) is 0. The van der Waals surface area contributed by atoms with Crippen LogP contribution in [0.25, 0.3) is 5.78 Å². The number of aromatic nitrogens is 4. The number of amides is 1. The maximum atomic E-state index is 13.3. The first kappa shape index (κ1) is 22.4. The first-order chi connectivity index (χ1) is 15.8. The van der Waals surface area contributed by atoms with Gasteiger partial charge in [0.1, 0.15) is 5.82 Å². The first-order valence-corrected chi connectivity index (χ1v) is 10.9. The average molecular weight is 448 g/mol. The third-order valence-corrected chi connectivity index (χ3v) is 5.40. The fraction of sp³-hybridized carbons (Fsp3) is 0.280. The van der Waals surface area contributed by atoms with Gasteiger partial charge in [-0.1, -0.05) is 56.3 Å². The van der Waals surface area contributed by atoms with Crippen molar-refractivity contribution >= 4 is 17.6 Å². The van der Waals surface area contributed by atoms with Gasteiger partial charge in [-0.25, -0.2) is 9.37 Å². The van der Waals surface area contributed by atoms with Gasteiger partial charge in [0, 0.05) is 18.4 Å². The second kappa shape index (κ2) is 9.36. The van der Waals surface area contributed by atoms with Crippen LogP contribution >= 0.6 is 0 Å². The number of hydrogen-bond donors (Lipinski definition) is 1. The number of carbonyl (C=O) groups excluding carboxylic acids is 1. The van der Waals surface area contributed by atoms with Crippen molar-refractivity contribution in [3.63, 3.8) is 0 Å². The van der Waals surface area contributed by atoms with Gasteiger partial charge in [-0.3, -0.25) is 19.6 Å². The fourth-order valence-electron chi connectivity index (χ4n) is 3.68. The molecule has 0 bridgehead atoms. The van der Waals surface area contributed by atoms with Crippen LogP contribution in [0.3, 0.4) is 0 Å². The smallest absolute Gasteiger partial charge is 0.277 e. The van der Waals surface area contributed by atoms with Crippen molar-refractivity contribution in [3.05, 3.63) is 93.2 Å². The number of nitrogens with zero attached hydrogens (tertiary/aromatic N) is 4. The Morgan fingerprint density at radius 2 is 1.76 bits per heavy atom. The van der Waals surface area contributed by atoms with Gasteiger partial charge < -0.3 is 0 Å². The number of hydrogen-bond acceptors (Lipinski definition) is 4. The van der Waals surface area contributed by atoms with E-state index in [-0.39, 0.29) is 41.5 Å². The summed E-state index contributed by atoms with van der Waals surface area (Å²) in [6, 6.07) is 15.7. The van der Waals surface area contributed by atoms with E-state index < -0.39 is 0 Å². The molecular weight excluding hydrogens is 421 g/mol. The summed E-state index contributed by atoms with van der Waals surface area (Å²) in [5.41, 5.74) is 2.66. The van der Waals surface area contributed by atoms with Gasteiger partial charge in [0.05, 0.1) is 12.2 Å². The number of H-pyrrole nitrogens is 1. The summed E-state index contributed by atoms with van der Waals surface area (Å²) >= 11 is 0. The molecule has 4 aromatic rings. The summed E-state index contributed by atoms with van der Waals surface area (Å²) in [6.45, 7) is 5.89. The topological polar surface area (TPSA) is 83.4 Å². The van der Waals surface area contributed by atoms with E-state index in [0.717, 1.165) is 11.1 Å². The van der Waals surface area contributed by atoms with E-state index in [1.54, 1.807) is 19.1 Å². The predicted molar refractivity (Wildman–Crippen MR) is 125 cm³/mol. The average Bonchev–Trinajstić information content (AvgIpc) is 3.20. The van der Waals surface area contributed by atoms with Crippen molar-refractivity contribution in [2.45, 2.75) is 40.2 Å². The molecule has 0 aliphatic heterocycles. The molecule has 0 aliphatic rings. The van der Waals surface area contributed by atoms with E-state index in [1.165, 1.54) is 21.5 Å². The number of fused-ring (bicyclic) bond motifs is 1. The Morgan fingerprint density at radius 3 is 2.42 bits per heavy atom. The highest BCUT2D eigenvalue weighted by atomic mass is 19.1. The summed E-state index contributed by atoms with van der Waals surface area (Å²) in [4.78, 5) is 36.7. The molecule has 0 spiro atoms. The van der Waals surface area contributed by atoms with E-state index in [0.29, 0.717) is 24.1 Å². The Labute approximate surface area is 190 Å². The van der Waals surface area contributed by atoms with Crippen molar-refractivity contribution in [1.29, 1.82) is 0 Å². The summed E-state index contributed by atoms with van der Waals surface area (Å²) in [5, 5.41) is 2.96. The normalized spacial score (nSPS) is 11.3. The minimum absolute atomic E-state index is 0.137. The van der Waals surface area contributed by atoms with Crippen LogP contribution in [0.4, 0.5) is 10.3 Å². The van der Waals surface area contributed by atoms with Crippen molar-refractivity contribution in [2.24, 2.45) is 5.92 Å². The zero-order chi connectivity index (χ0) is 23.5. The van der Waals surface area contributed by atoms with Gasteiger partial charge in [0.2, 0.25) is 11.9 Å². The summed E-state index contributed by atoms with van der Waals surface area (Å²) in [6.07, 6.45) is 0.750. The number of aryl methyl sites for hydroxylation is 1. The number of nitrogens with one attached hydrogen (secondary N) is 1. The fourth-order valence-corrected chi connectivity index (χ4v) is 3.68. The van der Waals surface area contributed by atoms with Gasteiger partial charge in [0.15, 0.2) is 0 Å². The maximum absolute atomic E-state index is 13.3. The largest absolute Gasteiger partial charge is 0.277 e. The minimum atomic E-state index is -0.347. The number of halogens is 1. The van der Waals surface area contributed by atoms with E-state index in [9.17, 15) is 14.0 Å². The zero-order valence-corrected chi connectivity index (χ0v) is 18.9. The van der Waals surface area contributed by atoms with Crippen molar-refractivity contribution < 1.29 is 9.18 Å². The first-order valence-electron chi connectivity index (χ1n) is 10.9. The van der Waals surface area contributed by atoms with E-state index >= 15 is 0 Å². The highest BCUT2D eigenvalue weighted by Gasteiger charge is 2.23. The lowest BCUT2D eigenvalue weighted by molar-refractivity contribution is -0.119. The van der Waals surface area contributed by atoms with Crippen molar-refractivity contribution in [2.75, 3.05) is 4.90 Å². The van der Waals surface area contributed by atoms with Crippen LogP contribution in [0, 0.1) is 18.7 Å². The van der Waals surface area contributed by atoms with Crippen LogP contribution in [-0.2, 0) is 17.8 Å². The van der Waals surface area contributed by atoms with Crippen molar-refractivity contribution in [3.8, 4) is 0 Å². The molecule has 0 radical (unpaired) electrons. The second-order valence-electron chi connectivity index (χ2n) is 8.53. The van der Waals surface area contributed by atoms with Crippen molar-refractivity contribution in [1.82, 2.24) is 19.6 Å². The van der Waals surface area contributed by atoms with E-state index in [1.807, 2.05) is 44.2 Å². The lowest BCUT2D eigenvalue weighted by Crippen LogP contribution is -2.32. The second-order valence-corrected chi connectivity index (χ2v) is 8.53. The molecule has 0 fully saturated rings. The van der Waals surface area contributed by atoms with Gasteiger partial charge >= 0.3 is 0 Å². The number of anilines is 1. The quantitative estimate of drug-likeness (QED) is 0.464. The standard InChI is InChI=1S/C25H26FN5O2/c1-16(2)13-22(32)30(15-19-9-11-20(26)12-10-19)25-28-24-27-17(3)21(23(33)31(24)29-25)14-18-7-5-4-6-8-18/h4-12,16H,13-15H2,1-3H3,(H,27,28,29). The predicted octanol–water partition coefficient (Wildman–Crippen LogP) is 4.04. The molecule has 0 aliphatic carbocycles. The van der Waals surface area contributed by atoms with Gasteiger partial charge in [-0.05, 0) is 36.1 Å². The molecule has 7 nitrogen and oxygen atoms in total. The maximum Gasteiger partial charge on any atom is 0.277 e. The number of rotatable bonds is 7. The van der Waals surface area contributed by atoms with Crippen LogP contribution in [-0.4, -0.2) is 25.5 Å². The molecule has 2 aromatic carbocycles. The van der Waals surface area contributed by atoms with E-state index in [4.69, 9.17) is 0 Å². The zero-order valence-electron chi connectivity index (χ0n) is 18.9. The van der Waals surface area contributed by atoms with Crippen LogP contribution < -0.4 is 10.5 Å². The van der Waals surface area contributed by atoms with Gasteiger partial charge in [-0.15, -0.1) is 0 Å². The highest BCUT2D eigenvalue weighted by Crippen LogP contribution is 2.18. The summed E-state index contributed by atoms with van der Waals surface area (Å²) in [5.74, 6) is 0.0668. The van der Waals surface area contributed by atoms with Crippen LogP contribution in [0.5, 0.6) is 0 Å². The monoisotopic (exact) mass is 447 g/mol.